The van der Waals surface area contributed by atoms with Gasteiger partial charge in [0.25, 0.3) is 0 Å². The van der Waals surface area contributed by atoms with Crippen molar-refractivity contribution in [1.82, 2.24) is 15.1 Å². The third kappa shape index (κ3) is 3.96. The monoisotopic (exact) mass is 413 g/mol. The summed E-state index contributed by atoms with van der Waals surface area (Å²) < 4.78 is 0. The van der Waals surface area contributed by atoms with E-state index < -0.39 is 0 Å². The van der Waals surface area contributed by atoms with Gasteiger partial charge in [-0.05, 0) is 68.4 Å². The summed E-state index contributed by atoms with van der Waals surface area (Å²) >= 11 is 6.22. The van der Waals surface area contributed by atoms with Crippen molar-refractivity contribution in [3.63, 3.8) is 0 Å². The van der Waals surface area contributed by atoms with E-state index in [9.17, 15) is 4.79 Å². The first kappa shape index (κ1) is 20.1. The molecule has 4 rings (SSSR count). The molecule has 0 bridgehead atoms. The second-order valence-electron chi connectivity index (χ2n) is 8.34. The highest BCUT2D eigenvalue weighted by Gasteiger charge is 2.41. The van der Waals surface area contributed by atoms with Crippen LogP contribution in [0.25, 0.3) is 0 Å². The molecule has 2 fully saturated rings. The van der Waals surface area contributed by atoms with Crippen LogP contribution in [0.4, 0.5) is 5.82 Å². The van der Waals surface area contributed by atoms with E-state index in [0.29, 0.717) is 12.4 Å². The standard InChI is InChI=1S/C22H28ClN5O/c23-16-4-1-3-15(13-16)22(14-24)10-8-17(9-11-22)28-12-2-5-18(21(28)29)19-6-7-20(25)27-26-19/h1,3-4,6-7,13,17-18H,2,5,8-12,14,24H2,(H2,25,27). The summed E-state index contributed by atoms with van der Waals surface area (Å²) in [6, 6.07) is 11.9. The summed E-state index contributed by atoms with van der Waals surface area (Å²) in [5.74, 6) is 0.328. The Morgan fingerprint density at radius 1 is 1.14 bits per heavy atom. The predicted octanol–water partition coefficient (Wildman–Crippen LogP) is 3.26. The molecule has 2 aromatic rings. The molecule has 1 saturated heterocycles. The van der Waals surface area contributed by atoms with E-state index in [-0.39, 0.29) is 23.3 Å². The minimum Gasteiger partial charge on any atom is -0.382 e. The van der Waals surface area contributed by atoms with Gasteiger partial charge in [-0.3, -0.25) is 4.79 Å². The molecular weight excluding hydrogens is 386 g/mol. The maximum Gasteiger partial charge on any atom is 0.232 e. The SMILES string of the molecule is NCC1(c2cccc(Cl)c2)CCC(N2CCCC(c3ccc(N)nn3)C2=O)CC1. The Kier molecular flexibility index (Phi) is 5.74. The Morgan fingerprint density at radius 3 is 2.59 bits per heavy atom. The van der Waals surface area contributed by atoms with Crippen molar-refractivity contribution in [3.8, 4) is 0 Å². The van der Waals surface area contributed by atoms with Crippen LogP contribution in [-0.2, 0) is 10.2 Å². The summed E-state index contributed by atoms with van der Waals surface area (Å²) in [4.78, 5) is 15.3. The summed E-state index contributed by atoms with van der Waals surface area (Å²) in [5.41, 5.74) is 13.8. The lowest BCUT2D eigenvalue weighted by Gasteiger charge is -2.45. The molecule has 2 aliphatic rings. The van der Waals surface area contributed by atoms with Gasteiger partial charge in [0.15, 0.2) is 0 Å². The molecule has 29 heavy (non-hydrogen) atoms. The van der Waals surface area contributed by atoms with Crippen molar-refractivity contribution in [2.75, 3.05) is 18.8 Å². The first-order chi connectivity index (χ1) is 14.0. The van der Waals surface area contributed by atoms with Crippen LogP contribution in [0.15, 0.2) is 36.4 Å². The number of piperidine rings is 1. The van der Waals surface area contributed by atoms with E-state index in [2.05, 4.69) is 21.2 Å². The molecule has 154 valence electrons. The topological polar surface area (TPSA) is 98.1 Å². The van der Waals surface area contributed by atoms with Gasteiger partial charge in [0.2, 0.25) is 5.91 Å². The Labute approximate surface area is 176 Å². The lowest BCUT2D eigenvalue weighted by atomic mass is 9.68. The molecule has 7 heteroatoms. The van der Waals surface area contributed by atoms with Crippen molar-refractivity contribution in [3.05, 3.63) is 52.7 Å². The molecule has 1 aliphatic heterocycles. The van der Waals surface area contributed by atoms with E-state index in [0.717, 1.165) is 55.8 Å². The fraction of sp³-hybridized carbons (Fsp3) is 0.500. The van der Waals surface area contributed by atoms with Crippen LogP contribution < -0.4 is 11.5 Å². The number of hydrogen-bond acceptors (Lipinski definition) is 5. The Bertz CT molecular complexity index is 864. The number of carbonyl (C=O) groups excluding carboxylic acids is 1. The summed E-state index contributed by atoms with van der Waals surface area (Å²) in [6.07, 6.45) is 5.63. The van der Waals surface area contributed by atoms with Crippen molar-refractivity contribution >= 4 is 23.3 Å². The summed E-state index contributed by atoms with van der Waals surface area (Å²) in [5, 5.41) is 8.84. The molecule has 1 aromatic heterocycles. The van der Waals surface area contributed by atoms with Gasteiger partial charge >= 0.3 is 0 Å². The van der Waals surface area contributed by atoms with Crippen LogP contribution in [0.3, 0.4) is 0 Å². The lowest BCUT2D eigenvalue weighted by Crippen LogP contribution is -2.50. The van der Waals surface area contributed by atoms with Crippen molar-refractivity contribution < 1.29 is 4.79 Å². The van der Waals surface area contributed by atoms with E-state index in [1.165, 1.54) is 5.56 Å². The minimum absolute atomic E-state index is 0.0535. The molecule has 1 saturated carbocycles. The quantitative estimate of drug-likeness (QED) is 0.801. The minimum atomic E-state index is -0.217. The highest BCUT2D eigenvalue weighted by atomic mass is 35.5. The average molecular weight is 414 g/mol. The third-order valence-corrected chi connectivity index (χ3v) is 6.95. The second kappa shape index (κ2) is 8.28. The number of benzene rings is 1. The molecule has 4 N–H and O–H groups in total. The number of aromatic nitrogens is 2. The Morgan fingerprint density at radius 2 is 1.93 bits per heavy atom. The lowest BCUT2D eigenvalue weighted by molar-refractivity contribution is -0.139. The molecule has 0 radical (unpaired) electrons. The molecule has 1 aromatic carbocycles. The second-order valence-corrected chi connectivity index (χ2v) is 8.77. The zero-order valence-electron chi connectivity index (χ0n) is 16.6. The van der Waals surface area contributed by atoms with E-state index in [4.69, 9.17) is 23.1 Å². The average Bonchev–Trinajstić information content (AvgIpc) is 2.75. The number of nitrogen functional groups attached to an aromatic ring is 1. The van der Waals surface area contributed by atoms with Crippen LogP contribution in [0, 0.1) is 0 Å². The fourth-order valence-corrected chi connectivity index (χ4v) is 5.16. The molecule has 1 unspecified atom stereocenters. The fourth-order valence-electron chi connectivity index (χ4n) is 4.97. The Hall–Kier alpha value is -2.18. The molecule has 1 amide bonds. The third-order valence-electron chi connectivity index (χ3n) is 6.72. The van der Waals surface area contributed by atoms with Crippen molar-refractivity contribution in [1.29, 1.82) is 0 Å². The van der Waals surface area contributed by atoms with Gasteiger partial charge in [0.05, 0.1) is 11.6 Å². The van der Waals surface area contributed by atoms with Gasteiger partial charge < -0.3 is 16.4 Å². The molecule has 6 nitrogen and oxygen atoms in total. The number of anilines is 1. The highest BCUT2D eigenvalue weighted by Crippen LogP contribution is 2.42. The number of likely N-dealkylation sites (tertiary alicyclic amines) is 1. The summed E-state index contributed by atoms with van der Waals surface area (Å²) in [7, 11) is 0. The number of carbonyl (C=O) groups is 1. The number of nitrogens with two attached hydrogens (primary N) is 2. The number of rotatable bonds is 4. The highest BCUT2D eigenvalue weighted by molar-refractivity contribution is 6.30. The molecular formula is C22H28ClN5O. The molecule has 1 atom stereocenters. The maximum atomic E-state index is 13.2. The number of amides is 1. The van der Waals surface area contributed by atoms with Crippen LogP contribution in [-0.4, -0.2) is 40.1 Å². The van der Waals surface area contributed by atoms with Gasteiger partial charge in [0.1, 0.15) is 5.82 Å². The number of hydrogen-bond donors (Lipinski definition) is 2. The smallest absolute Gasteiger partial charge is 0.232 e. The number of nitrogens with zero attached hydrogens (tertiary/aromatic N) is 3. The zero-order chi connectivity index (χ0) is 20.4. The van der Waals surface area contributed by atoms with E-state index >= 15 is 0 Å². The first-order valence-electron chi connectivity index (χ1n) is 10.4. The predicted molar refractivity (Wildman–Crippen MR) is 115 cm³/mol. The van der Waals surface area contributed by atoms with Crippen LogP contribution in [0.2, 0.25) is 5.02 Å². The van der Waals surface area contributed by atoms with Crippen LogP contribution >= 0.6 is 11.6 Å². The summed E-state index contributed by atoms with van der Waals surface area (Å²) in [6.45, 7) is 1.41. The molecule has 2 heterocycles. The van der Waals surface area contributed by atoms with Gasteiger partial charge in [0, 0.05) is 29.6 Å². The number of halogens is 1. The van der Waals surface area contributed by atoms with Gasteiger partial charge in [-0.2, -0.15) is 5.10 Å². The van der Waals surface area contributed by atoms with Gasteiger partial charge in [-0.15, -0.1) is 5.10 Å². The van der Waals surface area contributed by atoms with Crippen molar-refractivity contribution in [2.24, 2.45) is 5.73 Å². The largest absolute Gasteiger partial charge is 0.382 e. The zero-order valence-corrected chi connectivity index (χ0v) is 17.3. The van der Waals surface area contributed by atoms with E-state index in [1.807, 2.05) is 24.3 Å². The van der Waals surface area contributed by atoms with Gasteiger partial charge in [-0.25, -0.2) is 0 Å². The Balaban J connectivity index is 1.47. The maximum absolute atomic E-state index is 13.2. The normalized spacial score (nSPS) is 27.8. The van der Waals surface area contributed by atoms with Crippen LogP contribution in [0.1, 0.15) is 55.7 Å². The van der Waals surface area contributed by atoms with Crippen LogP contribution in [0.5, 0.6) is 0 Å². The first-order valence-corrected chi connectivity index (χ1v) is 10.8. The van der Waals surface area contributed by atoms with Crippen molar-refractivity contribution in [2.45, 2.75) is 55.9 Å². The molecule has 1 aliphatic carbocycles. The molecule has 0 spiro atoms. The van der Waals surface area contributed by atoms with E-state index in [1.54, 1.807) is 6.07 Å². The van der Waals surface area contributed by atoms with Gasteiger partial charge in [-0.1, -0.05) is 23.7 Å².